The van der Waals surface area contributed by atoms with Gasteiger partial charge in [0.2, 0.25) is 5.91 Å². The summed E-state index contributed by atoms with van der Waals surface area (Å²) in [5.41, 5.74) is 5.01. The number of carboxylic acid groups (broad SMARTS) is 1. The van der Waals surface area contributed by atoms with Gasteiger partial charge in [-0.25, -0.2) is 4.79 Å². The Kier molecular flexibility index (Phi) is 4.30. The highest BCUT2D eigenvalue weighted by Gasteiger charge is 2.28. The summed E-state index contributed by atoms with van der Waals surface area (Å²) in [7, 11) is 0. The van der Waals surface area contributed by atoms with Gasteiger partial charge in [0.1, 0.15) is 12.6 Å². The van der Waals surface area contributed by atoms with Gasteiger partial charge in [0.15, 0.2) is 0 Å². The first-order valence-corrected chi connectivity index (χ1v) is 5.46. The number of carbonyl (C=O) groups is 3. The molecule has 17 heavy (non-hydrogen) atoms. The largest absolute Gasteiger partial charge is 0.480 e. The predicted molar refractivity (Wildman–Crippen MR) is 59.1 cm³/mol. The minimum absolute atomic E-state index is 0.367. The maximum absolute atomic E-state index is 11.7. The number of hydrogen-bond acceptors (Lipinski definition) is 3. The molecule has 3 amide bonds. The molecule has 0 aromatic heterocycles. The molecule has 0 heterocycles. The van der Waals surface area contributed by atoms with E-state index in [-0.39, 0.29) is 6.54 Å². The summed E-state index contributed by atoms with van der Waals surface area (Å²) in [6.45, 7) is 1.49. The Labute approximate surface area is 98.9 Å². The number of rotatable bonds is 6. The van der Waals surface area contributed by atoms with E-state index in [0.717, 1.165) is 12.8 Å². The first-order valence-electron chi connectivity index (χ1n) is 5.46. The third-order valence-electron chi connectivity index (χ3n) is 2.56. The highest BCUT2D eigenvalue weighted by molar-refractivity contribution is 5.86. The first-order chi connectivity index (χ1) is 7.90. The highest BCUT2D eigenvalue weighted by atomic mass is 16.4. The molecule has 7 nitrogen and oxygen atoms in total. The molecule has 4 N–H and O–H groups in total. The molecule has 0 aromatic carbocycles. The molecule has 0 aromatic rings. The molecule has 1 rings (SSSR count). The Balaban J connectivity index is 2.51. The molecule has 7 heteroatoms. The molecule has 1 unspecified atom stereocenters. The molecule has 1 fully saturated rings. The molecule has 1 saturated carbocycles. The zero-order valence-corrected chi connectivity index (χ0v) is 9.68. The Morgan fingerprint density at radius 2 is 2.06 bits per heavy atom. The predicted octanol–water partition coefficient (Wildman–Crippen LogP) is -0.634. The van der Waals surface area contributed by atoms with Crippen LogP contribution in [0.25, 0.3) is 0 Å². The summed E-state index contributed by atoms with van der Waals surface area (Å²) < 4.78 is 0. The van der Waals surface area contributed by atoms with Crippen LogP contribution in [0.15, 0.2) is 0 Å². The Morgan fingerprint density at radius 3 is 2.47 bits per heavy atom. The second-order valence-corrected chi connectivity index (χ2v) is 4.29. The molecule has 96 valence electrons. The number of aliphatic carboxylic acids is 1. The van der Waals surface area contributed by atoms with Gasteiger partial charge in [0.05, 0.1) is 0 Å². The van der Waals surface area contributed by atoms with Gasteiger partial charge in [-0.2, -0.15) is 0 Å². The zero-order valence-electron chi connectivity index (χ0n) is 9.68. The molecular weight excluding hydrogens is 226 g/mol. The van der Waals surface area contributed by atoms with Crippen LogP contribution in [0.1, 0.15) is 19.8 Å². The average Bonchev–Trinajstić information content (AvgIpc) is 2.99. The van der Waals surface area contributed by atoms with E-state index in [1.165, 1.54) is 11.8 Å². The molecule has 1 aliphatic carbocycles. The van der Waals surface area contributed by atoms with Crippen LogP contribution >= 0.6 is 0 Å². The number of carbonyl (C=O) groups excluding carboxylic acids is 2. The fourth-order valence-electron chi connectivity index (χ4n) is 1.34. The molecule has 0 saturated heterocycles. The third-order valence-corrected chi connectivity index (χ3v) is 2.56. The van der Waals surface area contributed by atoms with Crippen molar-refractivity contribution < 1.29 is 19.5 Å². The van der Waals surface area contributed by atoms with E-state index in [9.17, 15) is 14.4 Å². The minimum atomic E-state index is -1.08. The summed E-state index contributed by atoms with van der Waals surface area (Å²) in [5.74, 6) is -1.35. The lowest BCUT2D eigenvalue weighted by atomic mass is 10.3. The van der Waals surface area contributed by atoms with Crippen molar-refractivity contribution in [3.8, 4) is 0 Å². The van der Waals surface area contributed by atoms with Gasteiger partial charge in [-0.1, -0.05) is 0 Å². The van der Waals surface area contributed by atoms with Crippen LogP contribution in [0.4, 0.5) is 4.79 Å². The maximum Gasteiger partial charge on any atom is 0.323 e. The molecule has 1 aliphatic rings. The molecule has 0 aliphatic heterocycles. The number of nitrogens with one attached hydrogen (secondary N) is 1. The van der Waals surface area contributed by atoms with Crippen molar-refractivity contribution in [2.24, 2.45) is 11.7 Å². The van der Waals surface area contributed by atoms with E-state index < -0.39 is 23.9 Å². The van der Waals surface area contributed by atoms with Gasteiger partial charge in [-0.15, -0.1) is 0 Å². The van der Waals surface area contributed by atoms with Gasteiger partial charge in [-0.3, -0.25) is 9.59 Å². The SMILES string of the molecule is CC(NC(=O)N(CC(=O)O)CC1CC1)C(N)=O. The summed E-state index contributed by atoms with van der Waals surface area (Å²) in [4.78, 5) is 34.3. The summed E-state index contributed by atoms with van der Waals surface area (Å²) >= 11 is 0. The quantitative estimate of drug-likeness (QED) is 0.576. The second-order valence-electron chi connectivity index (χ2n) is 4.29. The van der Waals surface area contributed by atoms with Crippen molar-refractivity contribution in [1.82, 2.24) is 10.2 Å². The first kappa shape index (κ1) is 13.3. The molecule has 0 bridgehead atoms. The van der Waals surface area contributed by atoms with Crippen molar-refractivity contribution >= 4 is 17.9 Å². The lowest BCUT2D eigenvalue weighted by Gasteiger charge is -2.22. The fraction of sp³-hybridized carbons (Fsp3) is 0.700. The summed E-state index contributed by atoms with van der Waals surface area (Å²) in [6, 6.07) is -1.37. The Morgan fingerprint density at radius 1 is 1.47 bits per heavy atom. The Hall–Kier alpha value is -1.79. The number of nitrogens with zero attached hydrogens (tertiary/aromatic N) is 1. The lowest BCUT2D eigenvalue weighted by molar-refractivity contribution is -0.137. The lowest BCUT2D eigenvalue weighted by Crippen LogP contribution is -2.50. The normalized spacial score (nSPS) is 16.1. The Bertz CT molecular complexity index is 328. The molecule has 0 spiro atoms. The van der Waals surface area contributed by atoms with Gasteiger partial charge < -0.3 is 21.1 Å². The number of amides is 3. The van der Waals surface area contributed by atoms with Gasteiger partial charge in [0, 0.05) is 6.54 Å². The zero-order chi connectivity index (χ0) is 13.0. The smallest absolute Gasteiger partial charge is 0.323 e. The fourth-order valence-corrected chi connectivity index (χ4v) is 1.34. The summed E-state index contributed by atoms with van der Waals surface area (Å²) in [5, 5.41) is 11.1. The van der Waals surface area contributed by atoms with E-state index in [0.29, 0.717) is 12.5 Å². The molecule has 1 atom stereocenters. The van der Waals surface area contributed by atoms with Crippen molar-refractivity contribution in [1.29, 1.82) is 0 Å². The number of nitrogens with two attached hydrogens (primary N) is 1. The van der Waals surface area contributed by atoms with Crippen LogP contribution in [0.3, 0.4) is 0 Å². The number of carboxylic acids is 1. The van der Waals surface area contributed by atoms with E-state index in [1.54, 1.807) is 0 Å². The molecule has 0 radical (unpaired) electrons. The highest BCUT2D eigenvalue weighted by Crippen LogP contribution is 2.29. The number of hydrogen-bond donors (Lipinski definition) is 3. The van der Waals surface area contributed by atoms with Crippen molar-refractivity contribution in [3.63, 3.8) is 0 Å². The van der Waals surface area contributed by atoms with Crippen LogP contribution in [-0.2, 0) is 9.59 Å². The minimum Gasteiger partial charge on any atom is -0.480 e. The van der Waals surface area contributed by atoms with Crippen LogP contribution in [0, 0.1) is 5.92 Å². The van der Waals surface area contributed by atoms with Gasteiger partial charge in [-0.05, 0) is 25.7 Å². The topological polar surface area (TPSA) is 113 Å². The molecular formula is C10H17N3O4. The number of primary amides is 1. The summed E-state index contributed by atoms with van der Waals surface area (Å²) in [6.07, 6.45) is 2.02. The van der Waals surface area contributed by atoms with Crippen LogP contribution in [0.2, 0.25) is 0 Å². The van der Waals surface area contributed by atoms with Crippen molar-refractivity contribution in [3.05, 3.63) is 0 Å². The van der Waals surface area contributed by atoms with Crippen LogP contribution in [0.5, 0.6) is 0 Å². The second kappa shape index (κ2) is 5.51. The van der Waals surface area contributed by atoms with Crippen LogP contribution < -0.4 is 11.1 Å². The van der Waals surface area contributed by atoms with E-state index in [1.807, 2.05) is 0 Å². The van der Waals surface area contributed by atoms with Crippen molar-refractivity contribution in [2.75, 3.05) is 13.1 Å². The van der Waals surface area contributed by atoms with E-state index in [4.69, 9.17) is 10.8 Å². The maximum atomic E-state index is 11.7. The van der Waals surface area contributed by atoms with Crippen molar-refractivity contribution in [2.45, 2.75) is 25.8 Å². The third kappa shape index (κ3) is 4.71. The van der Waals surface area contributed by atoms with E-state index >= 15 is 0 Å². The van der Waals surface area contributed by atoms with E-state index in [2.05, 4.69) is 5.32 Å². The standard InChI is InChI=1S/C10H17N3O4/c1-6(9(11)16)12-10(17)13(5-8(14)15)4-7-2-3-7/h6-7H,2-5H2,1H3,(H2,11,16)(H,12,17)(H,14,15). The average molecular weight is 243 g/mol. The monoisotopic (exact) mass is 243 g/mol. The number of urea groups is 1. The van der Waals surface area contributed by atoms with Crippen LogP contribution in [-0.4, -0.2) is 47.0 Å². The van der Waals surface area contributed by atoms with Gasteiger partial charge >= 0.3 is 12.0 Å². The van der Waals surface area contributed by atoms with Gasteiger partial charge in [0.25, 0.3) is 0 Å².